The molecule has 0 aromatic heterocycles. The number of carbonyl (C=O) groups excluding carboxylic acids is 1. The Labute approximate surface area is 128 Å². The number of aryl methyl sites for hydroxylation is 1. The zero-order valence-corrected chi connectivity index (χ0v) is 13.3. The van der Waals surface area contributed by atoms with Gasteiger partial charge in [0, 0.05) is 6.04 Å². The highest BCUT2D eigenvalue weighted by molar-refractivity contribution is 5.68. The number of ether oxygens (including phenoxy) is 1. The summed E-state index contributed by atoms with van der Waals surface area (Å²) < 4.78 is 42.5. The highest BCUT2D eigenvalue weighted by atomic mass is 19.4. The molecule has 0 aliphatic rings. The van der Waals surface area contributed by atoms with Gasteiger partial charge in [-0.1, -0.05) is 12.1 Å². The van der Waals surface area contributed by atoms with E-state index in [2.05, 4.69) is 5.32 Å². The van der Waals surface area contributed by atoms with E-state index in [9.17, 15) is 18.0 Å². The van der Waals surface area contributed by atoms with Crippen molar-refractivity contribution in [3.05, 3.63) is 35.4 Å². The normalized spacial score (nSPS) is 13.6. The van der Waals surface area contributed by atoms with Gasteiger partial charge in [-0.2, -0.15) is 13.2 Å². The van der Waals surface area contributed by atoms with E-state index in [-0.39, 0.29) is 6.04 Å². The third kappa shape index (κ3) is 6.83. The zero-order chi connectivity index (χ0) is 17.0. The average molecular weight is 317 g/mol. The van der Waals surface area contributed by atoms with Gasteiger partial charge in [-0.25, -0.2) is 4.79 Å². The molecule has 1 amide bonds. The zero-order valence-electron chi connectivity index (χ0n) is 13.3. The lowest BCUT2D eigenvalue weighted by Crippen LogP contribution is -2.37. The van der Waals surface area contributed by atoms with Crippen LogP contribution in [0.3, 0.4) is 0 Å². The summed E-state index contributed by atoms with van der Waals surface area (Å²) >= 11 is 0. The van der Waals surface area contributed by atoms with Gasteiger partial charge in [0.25, 0.3) is 0 Å². The molecule has 1 atom stereocenters. The maximum atomic E-state index is 12.5. The fourth-order valence-corrected chi connectivity index (χ4v) is 1.82. The van der Waals surface area contributed by atoms with Gasteiger partial charge < -0.3 is 10.1 Å². The Kier molecular flexibility index (Phi) is 5.85. The van der Waals surface area contributed by atoms with Crippen molar-refractivity contribution in [1.82, 2.24) is 5.32 Å². The Morgan fingerprint density at radius 3 is 2.18 bits per heavy atom. The number of amides is 1. The number of hydrogen-bond acceptors (Lipinski definition) is 2. The van der Waals surface area contributed by atoms with Crippen molar-refractivity contribution in [3.8, 4) is 0 Å². The van der Waals surface area contributed by atoms with Gasteiger partial charge in [0.1, 0.15) is 5.60 Å². The van der Waals surface area contributed by atoms with Gasteiger partial charge >= 0.3 is 12.3 Å². The lowest BCUT2D eigenvalue weighted by molar-refractivity contribution is -0.137. The standard InChI is InChI=1S/C16H22F3NO2/c1-11(20-14(21)22-15(2,3)4)5-6-12-7-9-13(10-8-12)16(17,18)19/h7-11H,5-6H2,1-4H3,(H,20,21). The molecule has 0 aliphatic heterocycles. The van der Waals surface area contributed by atoms with E-state index >= 15 is 0 Å². The van der Waals surface area contributed by atoms with Crippen LogP contribution in [0, 0.1) is 0 Å². The first-order chi connectivity index (χ1) is 9.97. The summed E-state index contributed by atoms with van der Waals surface area (Å²) in [7, 11) is 0. The summed E-state index contributed by atoms with van der Waals surface area (Å²) in [6.07, 6.45) is -3.61. The minimum absolute atomic E-state index is 0.128. The Morgan fingerprint density at radius 1 is 1.18 bits per heavy atom. The topological polar surface area (TPSA) is 38.3 Å². The van der Waals surface area contributed by atoms with Crippen LogP contribution in [0.4, 0.5) is 18.0 Å². The summed E-state index contributed by atoms with van der Waals surface area (Å²) in [5.74, 6) is 0. The van der Waals surface area contributed by atoms with Gasteiger partial charge in [-0.05, 0) is 58.2 Å². The molecular formula is C16H22F3NO2. The summed E-state index contributed by atoms with van der Waals surface area (Å²) in [6, 6.07) is 4.94. The van der Waals surface area contributed by atoms with Gasteiger partial charge in [-0.15, -0.1) is 0 Å². The molecule has 3 nitrogen and oxygen atoms in total. The van der Waals surface area contributed by atoms with E-state index in [0.29, 0.717) is 12.8 Å². The Bertz CT molecular complexity index is 490. The van der Waals surface area contributed by atoms with E-state index in [0.717, 1.165) is 17.7 Å². The molecular weight excluding hydrogens is 295 g/mol. The molecule has 1 unspecified atom stereocenters. The molecule has 1 aromatic carbocycles. The molecule has 6 heteroatoms. The molecule has 1 aromatic rings. The number of alkyl carbamates (subject to hydrolysis) is 1. The second-order valence-corrected chi connectivity index (χ2v) is 6.28. The second-order valence-electron chi connectivity index (χ2n) is 6.28. The van der Waals surface area contributed by atoms with E-state index in [1.54, 1.807) is 20.8 Å². The first-order valence-electron chi connectivity index (χ1n) is 7.13. The number of benzene rings is 1. The minimum atomic E-state index is -4.32. The molecule has 0 saturated heterocycles. The second kappa shape index (κ2) is 7.03. The third-order valence-corrected chi connectivity index (χ3v) is 2.91. The number of rotatable bonds is 4. The van der Waals surface area contributed by atoms with E-state index in [1.807, 2.05) is 6.92 Å². The first kappa shape index (κ1) is 18.3. The molecule has 0 aliphatic carbocycles. The molecule has 0 radical (unpaired) electrons. The van der Waals surface area contributed by atoms with E-state index in [1.165, 1.54) is 12.1 Å². The van der Waals surface area contributed by atoms with E-state index < -0.39 is 23.4 Å². The molecule has 1 rings (SSSR count). The lowest BCUT2D eigenvalue weighted by Gasteiger charge is -2.22. The first-order valence-corrected chi connectivity index (χ1v) is 7.13. The van der Waals surface area contributed by atoms with Gasteiger partial charge in [0.05, 0.1) is 5.56 Å². The predicted molar refractivity (Wildman–Crippen MR) is 78.6 cm³/mol. The molecule has 0 saturated carbocycles. The van der Waals surface area contributed by atoms with Gasteiger partial charge in [0.15, 0.2) is 0 Å². The Morgan fingerprint density at radius 2 is 1.73 bits per heavy atom. The largest absolute Gasteiger partial charge is 0.444 e. The number of alkyl halides is 3. The number of nitrogens with one attached hydrogen (secondary N) is 1. The SMILES string of the molecule is CC(CCc1ccc(C(F)(F)F)cc1)NC(=O)OC(C)(C)C. The van der Waals surface area contributed by atoms with Crippen LogP contribution in [0.1, 0.15) is 45.2 Å². The molecule has 22 heavy (non-hydrogen) atoms. The highest BCUT2D eigenvalue weighted by Crippen LogP contribution is 2.29. The molecule has 0 spiro atoms. The minimum Gasteiger partial charge on any atom is -0.444 e. The fraction of sp³-hybridized carbons (Fsp3) is 0.562. The molecule has 124 valence electrons. The van der Waals surface area contributed by atoms with Crippen molar-refractivity contribution in [2.45, 2.75) is 58.4 Å². The summed E-state index contributed by atoms with van der Waals surface area (Å²) in [4.78, 5) is 11.6. The maximum Gasteiger partial charge on any atom is 0.416 e. The number of halogens is 3. The predicted octanol–water partition coefficient (Wildman–Crippen LogP) is 4.55. The maximum absolute atomic E-state index is 12.5. The van der Waals surface area contributed by atoms with Crippen molar-refractivity contribution in [1.29, 1.82) is 0 Å². The molecule has 0 fully saturated rings. The average Bonchev–Trinajstić information content (AvgIpc) is 2.33. The van der Waals surface area contributed by atoms with Crippen LogP contribution in [-0.2, 0) is 17.3 Å². The lowest BCUT2D eigenvalue weighted by atomic mass is 10.0. The smallest absolute Gasteiger partial charge is 0.416 e. The van der Waals surface area contributed by atoms with Crippen molar-refractivity contribution < 1.29 is 22.7 Å². The van der Waals surface area contributed by atoms with Crippen LogP contribution in [0.25, 0.3) is 0 Å². The van der Waals surface area contributed by atoms with Gasteiger partial charge in [-0.3, -0.25) is 0 Å². The summed E-state index contributed by atoms with van der Waals surface area (Å²) in [5, 5.41) is 2.70. The van der Waals surface area contributed by atoms with Crippen LogP contribution >= 0.6 is 0 Å². The fourth-order valence-electron chi connectivity index (χ4n) is 1.82. The Hall–Kier alpha value is -1.72. The third-order valence-electron chi connectivity index (χ3n) is 2.91. The van der Waals surface area contributed by atoms with Crippen molar-refractivity contribution in [2.75, 3.05) is 0 Å². The number of carbonyl (C=O) groups is 1. The molecule has 0 bridgehead atoms. The number of hydrogen-bond donors (Lipinski definition) is 1. The molecule has 1 N–H and O–H groups in total. The van der Waals surface area contributed by atoms with Crippen molar-refractivity contribution in [2.24, 2.45) is 0 Å². The van der Waals surface area contributed by atoms with Crippen LogP contribution in [0.2, 0.25) is 0 Å². The van der Waals surface area contributed by atoms with Crippen LogP contribution in [0.5, 0.6) is 0 Å². The van der Waals surface area contributed by atoms with Crippen molar-refractivity contribution in [3.63, 3.8) is 0 Å². The quantitative estimate of drug-likeness (QED) is 0.884. The van der Waals surface area contributed by atoms with Crippen LogP contribution in [0.15, 0.2) is 24.3 Å². The highest BCUT2D eigenvalue weighted by Gasteiger charge is 2.29. The van der Waals surface area contributed by atoms with E-state index in [4.69, 9.17) is 4.74 Å². The monoisotopic (exact) mass is 317 g/mol. The Balaban J connectivity index is 2.44. The summed E-state index contributed by atoms with van der Waals surface area (Å²) in [6.45, 7) is 7.16. The van der Waals surface area contributed by atoms with Crippen LogP contribution < -0.4 is 5.32 Å². The van der Waals surface area contributed by atoms with Gasteiger partial charge in [0.2, 0.25) is 0 Å². The van der Waals surface area contributed by atoms with Crippen molar-refractivity contribution >= 4 is 6.09 Å². The molecule has 0 heterocycles. The summed E-state index contributed by atoms with van der Waals surface area (Å²) in [5.41, 5.74) is -0.418. The van der Waals surface area contributed by atoms with Crippen LogP contribution in [-0.4, -0.2) is 17.7 Å².